The zero-order valence-electron chi connectivity index (χ0n) is 15.2. The molecule has 0 bridgehead atoms. The van der Waals surface area contributed by atoms with Gasteiger partial charge in [-0.15, -0.1) is 0 Å². The van der Waals surface area contributed by atoms with Gasteiger partial charge in [0.15, 0.2) is 0 Å². The van der Waals surface area contributed by atoms with Gasteiger partial charge >= 0.3 is 6.18 Å². The molecule has 0 saturated carbocycles. The zero-order valence-corrected chi connectivity index (χ0v) is 15.2. The molecule has 7 nitrogen and oxygen atoms in total. The van der Waals surface area contributed by atoms with Crippen molar-refractivity contribution in [2.45, 2.75) is 6.18 Å². The van der Waals surface area contributed by atoms with Gasteiger partial charge in [0.2, 0.25) is 5.91 Å². The van der Waals surface area contributed by atoms with Crippen molar-refractivity contribution in [3.05, 3.63) is 69.8 Å². The van der Waals surface area contributed by atoms with Gasteiger partial charge in [0.05, 0.1) is 28.3 Å². The van der Waals surface area contributed by atoms with Crippen LogP contribution in [-0.4, -0.2) is 31.2 Å². The Balaban J connectivity index is 2.24. The Morgan fingerprint density at radius 2 is 1.93 bits per heavy atom. The van der Waals surface area contributed by atoms with Gasteiger partial charge in [0.25, 0.3) is 5.69 Å². The summed E-state index contributed by atoms with van der Waals surface area (Å²) in [6, 6.07) is 8.41. The van der Waals surface area contributed by atoms with Crippen LogP contribution in [0.3, 0.4) is 0 Å². The van der Waals surface area contributed by atoms with Gasteiger partial charge in [-0.05, 0) is 30.3 Å². The van der Waals surface area contributed by atoms with Crippen LogP contribution in [0.2, 0.25) is 0 Å². The summed E-state index contributed by atoms with van der Waals surface area (Å²) in [6.45, 7) is 0.267. The van der Waals surface area contributed by atoms with E-state index >= 15 is 0 Å². The van der Waals surface area contributed by atoms with Crippen molar-refractivity contribution < 1.29 is 32.4 Å². The molecule has 2 aromatic carbocycles. The summed E-state index contributed by atoms with van der Waals surface area (Å²) >= 11 is 0. The van der Waals surface area contributed by atoms with E-state index in [1.807, 2.05) is 0 Å². The predicted octanol–water partition coefficient (Wildman–Crippen LogP) is 4.29. The van der Waals surface area contributed by atoms with Gasteiger partial charge in [-0.3, -0.25) is 14.9 Å². The lowest BCUT2D eigenvalue weighted by Crippen LogP contribution is -2.13. The number of halogens is 3. The van der Waals surface area contributed by atoms with Crippen molar-refractivity contribution in [3.63, 3.8) is 0 Å². The SMILES string of the molecule is COCCOc1ccc(C(F)(F)F)cc1NC(=O)/C=C/c1ccccc1[N+](=O)[O-]. The molecule has 2 aromatic rings. The highest BCUT2D eigenvalue weighted by Crippen LogP contribution is 2.35. The van der Waals surface area contributed by atoms with Crippen molar-refractivity contribution in [1.29, 1.82) is 0 Å². The van der Waals surface area contributed by atoms with E-state index in [0.29, 0.717) is 0 Å². The van der Waals surface area contributed by atoms with E-state index in [-0.39, 0.29) is 35.9 Å². The number of methoxy groups -OCH3 is 1. The summed E-state index contributed by atoms with van der Waals surface area (Å²) in [5, 5.41) is 13.3. The maximum Gasteiger partial charge on any atom is 0.416 e. The highest BCUT2D eigenvalue weighted by atomic mass is 19.4. The Morgan fingerprint density at radius 3 is 2.59 bits per heavy atom. The first-order chi connectivity index (χ1) is 13.7. The molecule has 0 atom stereocenters. The number of hydrogen-bond donors (Lipinski definition) is 1. The molecule has 0 unspecified atom stereocenters. The molecule has 0 aromatic heterocycles. The summed E-state index contributed by atoms with van der Waals surface area (Å²) in [5.74, 6) is -0.749. The second-order valence-corrected chi connectivity index (χ2v) is 5.69. The number of ether oxygens (including phenoxy) is 2. The third kappa shape index (κ3) is 6.32. The van der Waals surface area contributed by atoms with E-state index in [4.69, 9.17) is 9.47 Å². The van der Waals surface area contributed by atoms with Gasteiger partial charge in [0, 0.05) is 19.3 Å². The summed E-state index contributed by atoms with van der Waals surface area (Å²) in [5.41, 5.74) is -1.19. The average Bonchev–Trinajstić information content (AvgIpc) is 2.67. The third-order valence-electron chi connectivity index (χ3n) is 3.66. The van der Waals surface area contributed by atoms with Gasteiger partial charge < -0.3 is 14.8 Å². The number of nitro benzene ring substituents is 1. The largest absolute Gasteiger partial charge is 0.489 e. The molecule has 154 valence electrons. The van der Waals surface area contributed by atoms with Gasteiger partial charge in [0.1, 0.15) is 12.4 Å². The van der Waals surface area contributed by atoms with Crippen LogP contribution in [-0.2, 0) is 15.7 Å². The highest BCUT2D eigenvalue weighted by Gasteiger charge is 2.31. The van der Waals surface area contributed by atoms with Crippen LogP contribution in [0.15, 0.2) is 48.5 Å². The van der Waals surface area contributed by atoms with Gasteiger partial charge in [-0.1, -0.05) is 12.1 Å². The number of nitrogens with zero attached hydrogens (tertiary/aromatic N) is 1. The topological polar surface area (TPSA) is 90.7 Å². The van der Waals surface area contributed by atoms with E-state index in [1.54, 1.807) is 6.07 Å². The molecule has 0 heterocycles. The summed E-state index contributed by atoms with van der Waals surface area (Å²) < 4.78 is 49.1. The smallest absolute Gasteiger partial charge is 0.416 e. The lowest BCUT2D eigenvalue weighted by Gasteiger charge is -2.14. The molecular weight excluding hydrogens is 393 g/mol. The van der Waals surface area contributed by atoms with E-state index in [0.717, 1.165) is 24.3 Å². The first-order valence-electron chi connectivity index (χ1n) is 8.28. The number of alkyl halides is 3. The number of nitrogens with one attached hydrogen (secondary N) is 1. The van der Waals surface area contributed by atoms with E-state index in [9.17, 15) is 28.1 Å². The third-order valence-corrected chi connectivity index (χ3v) is 3.66. The number of rotatable bonds is 8. The van der Waals surface area contributed by atoms with Crippen molar-refractivity contribution in [3.8, 4) is 5.75 Å². The van der Waals surface area contributed by atoms with Crippen LogP contribution in [0.25, 0.3) is 6.08 Å². The molecule has 10 heteroatoms. The van der Waals surface area contributed by atoms with Crippen LogP contribution in [0.4, 0.5) is 24.5 Å². The van der Waals surface area contributed by atoms with Crippen molar-refractivity contribution >= 4 is 23.4 Å². The molecule has 0 aliphatic carbocycles. The number of anilines is 1. The predicted molar refractivity (Wildman–Crippen MR) is 99.6 cm³/mol. The van der Waals surface area contributed by atoms with Gasteiger partial charge in [-0.2, -0.15) is 13.2 Å². The van der Waals surface area contributed by atoms with Crippen LogP contribution in [0.5, 0.6) is 5.75 Å². The molecule has 1 amide bonds. The lowest BCUT2D eigenvalue weighted by atomic mass is 10.1. The average molecular weight is 410 g/mol. The maximum atomic E-state index is 13.0. The first-order valence-corrected chi connectivity index (χ1v) is 8.28. The highest BCUT2D eigenvalue weighted by molar-refractivity contribution is 6.03. The molecule has 0 spiro atoms. The number of benzene rings is 2. The Hall–Kier alpha value is -3.40. The van der Waals surface area contributed by atoms with E-state index < -0.39 is 22.6 Å². The Bertz CT molecular complexity index is 913. The monoisotopic (exact) mass is 410 g/mol. The molecule has 1 N–H and O–H groups in total. The van der Waals surface area contributed by atoms with Gasteiger partial charge in [-0.25, -0.2) is 0 Å². The fraction of sp³-hybridized carbons (Fsp3) is 0.211. The molecule has 2 rings (SSSR count). The van der Waals surface area contributed by atoms with Crippen LogP contribution >= 0.6 is 0 Å². The number of carbonyl (C=O) groups excluding carboxylic acids is 1. The summed E-state index contributed by atoms with van der Waals surface area (Å²) in [7, 11) is 1.44. The van der Waals surface area contributed by atoms with Crippen molar-refractivity contribution in [2.75, 3.05) is 25.6 Å². The molecule has 0 radical (unpaired) electrons. The van der Waals surface area contributed by atoms with Crippen molar-refractivity contribution in [2.24, 2.45) is 0 Å². The molecule has 0 fully saturated rings. The molecule has 0 saturated heterocycles. The minimum Gasteiger partial charge on any atom is -0.489 e. The number of nitro groups is 1. The first kappa shape index (κ1) is 21.9. The molecular formula is C19H17F3N2O5. The van der Waals surface area contributed by atoms with E-state index in [2.05, 4.69) is 5.32 Å². The number of amides is 1. The fourth-order valence-electron chi connectivity index (χ4n) is 2.30. The number of hydrogen-bond acceptors (Lipinski definition) is 5. The lowest BCUT2D eigenvalue weighted by molar-refractivity contribution is -0.385. The van der Waals surface area contributed by atoms with Crippen LogP contribution < -0.4 is 10.1 Å². The molecule has 0 aliphatic heterocycles. The quantitative estimate of drug-likeness (QED) is 0.303. The normalized spacial score (nSPS) is 11.4. The minimum absolute atomic E-state index is 0.0301. The summed E-state index contributed by atoms with van der Waals surface area (Å²) in [4.78, 5) is 22.6. The Labute approximate surface area is 163 Å². The Kier molecular flexibility index (Phi) is 7.32. The van der Waals surface area contributed by atoms with Crippen molar-refractivity contribution in [1.82, 2.24) is 0 Å². The fourth-order valence-corrected chi connectivity index (χ4v) is 2.30. The second kappa shape index (κ2) is 9.69. The van der Waals surface area contributed by atoms with Crippen LogP contribution in [0.1, 0.15) is 11.1 Å². The maximum absolute atomic E-state index is 13.0. The van der Waals surface area contributed by atoms with Crippen LogP contribution in [0, 0.1) is 10.1 Å². The van der Waals surface area contributed by atoms with E-state index in [1.165, 1.54) is 31.4 Å². The zero-order chi connectivity index (χ0) is 21.4. The number of carbonyl (C=O) groups is 1. The molecule has 0 aliphatic rings. The standard InChI is InChI=1S/C19H17F3N2O5/c1-28-10-11-29-17-8-7-14(19(20,21)22)12-15(17)23-18(25)9-6-13-4-2-3-5-16(13)24(26)27/h2-9,12H,10-11H2,1H3,(H,23,25)/b9-6+. The summed E-state index contributed by atoms with van der Waals surface area (Å²) in [6.07, 6.45) is -2.42. The number of para-hydroxylation sites is 1. The molecule has 29 heavy (non-hydrogen) atoms. The Morgan fingerprint density at radius 1 is 1.21 bits per heavy atom. The second-order valence-electron chi connectivity index (χ2n) is 5.69. The minimum atomic E-state index is -4.61.